The van der Waals surface area contributed by atoms with Gasteiger partial charge in [0.1, 0.15) is 23.0 Å². The van der Waals surface area contributed by atoms with Gasteiger partial charge in [0.25, 0.3) is 0 Å². The lowest BCUT2D eigenvalue weighted by atomic mass is 10.1. The number of ether oxygens (including phenoxy) is 4. The van der Waals surface area contributed by atoms with Gasteiger partial charge in [0.2, 0.25) is 11.8 Å². The van der Waals surface area contributed by atoms with Gasteiger partial charge in [0.15, 0.2) is 0 Å². The molecule has 386 valence electrons. The molecule has 0 unspecified atom stereocenters. The molecule has 0 saturated heterocycles. The summed E-state index contributed by atoms with van der Waals surface area (Å²) >= 11 is 4.77. The average Bonchev–Trinajstić information content (AvgIpc) is 3.89. The second-order valence-electron chi connectivity index (χ2n) is 18.9. The molecule has 0 amide bonds. The summed E-state index contributed by atoms with van der Waals surface area (Å²) in [7, 11) is 0. The molecule has 0 atom stereocenters. The number of hydrogen-bond donors (Lipinski definition) is 0. The van der Waals surface area contributed by atoms with E-state index in [-0.39, 0.29) is 0 Å². The average molecular weight is 1190 g/mol. The van der Waals surface area contributed by atoms with Crippen molar-refractivity contribution in [3.63, 3.8) is 0 Å². The molecule has 4 aromatic carbocycles. The Bertz CT molecular complexity index is 2110. The van der Waals surface area contributed by atoms with Crippen LogP contribution in [-0.4, -0.2) is 36.6 Å². The molecule has 0 fully saturated rings. The minimum atomic E-state index is 0.483. The highest BCUT2D eigenvalue weighted by molar-refractivity contribution is 14.1. The van der Waals surface area contributed by atoms with E-state index in [9.17, 15) is 0 Å². The molecular weight excluding hydrogens is 1110 g/mol. The largest absolute Gasteiger partial charge is 0.493 e. The first kappa shape index (κ1) is 58.1. The molecule has 0 aliphatic rings. The summed E-state index contributed by atoms with van der Waals surface area (Å²) in [5.74, 6) is 4.59. The fourth-order valence-electron chi connectivity index (χ4n) is 8.39. The minimum Gasteiger partial charge on any atom is -0.493 e. The molecule has 1 aromatic heterocycles. The molecule has 5 rings (SSSR count). The highest BCUT2D eigenvalue weighted by Gasteiger charge is 2.14. The van der Waals surface area contributed by atoms with Gasteiger partial charge in [-0.1, -0.05) is 205 Å². The molecule has 1 heterocycles. The van der Waals surface area contributed by atoms with Crippen molar-refractivity contribution in [1.29, 1.82) is 0 Å². The van der Waals surface area contributed by atoms with Crippen molar-refractivity contribution in [3.8, 4) is 45.9 Å². The Balaban J connectivity index is 1.22. The standard InChI is InChI=1S/C62H84I2N2O5/c1-5-9-13-17-21-25-41-67-57-47-55(63)59(69-43-27-23-19-15-11-7-3)45-53(57)39-33-49-29-35-51(36-30-49)61-65-66-62(71-61)52-37-31-50(32-38-52)34-40-54-46-60(70-44-28-24-20-16-12-8-4)56(64)48-58(54)68-42-26-22-18-14-10-6-2/h29-40,45-48H,5-28,41-44H2,1-4H3/b39-33+,40-34+. The third kappa shape index (κ3) is 22.0. The summed E-state index contributed by atoms with van der Waals surface area (Å²) in [6.45, 7) is 11.9. The van der Waals surface area contributed by atoms with E-state index in [0.717, 1.165) is 102 Å². The molecule has 0 radical (unpaired) electrons. The molecule has 71 heavy (non-hydrogen) atoms. The van der Waals surface area contributed by atoms with Gasteiger partial charge in [-0.2, -0.15) is 0 Å². The van der Waals surface area contributed by atoms with Crippen molar-refractivity contribution in [2.45, 2.75) is 182 Å². The van der Waals surface area contributed by atoms with Crippen LogP contribution in [0.4, 0.5) is 0 Å². The summed E-state index contributed by atoms with van der Waals surface area (Å²) in [5.41, 5.74) is 5.89. The maximum atomic E-state index is 6.41. The zero-order valence-corrected chi connectivity index (χ0v) is 48.0. The normalized spacial score (nSPS) is 11.6. The minimum absolute atomic E-state index is 0.483. The first-order chi connectivity index (χ1) is 34.9. The van der Waals surface area contributed by atoms with Crippen LogP contribution in [0.15, 0.2) is 77.2 Å². The van der Waals surface area contributed by atoms with Gasteiger partial charge in [-0.25, -0.2) is 0 Å². The van der Waals surface area contributed by atoms with Crippen LogP contribution in [-0.2, 0) is 0 Å². The van der Waals surface area contributed by atoms with Crippen LogP contribution in [0.1, 0.15) is 204 Å². The Morgan fingerprint density at radius 3 is 0.986 bits per heavy atom. The molecule has 0 aliphatic heterocycles. The number of unbranched alkanes of at least 4 members (excludes halogenated alkanes) is 20. The van der Waals surface area contributed by atoms with Crippen LogP contribution in [0, 0.1) is 7.14 Å². The second kappa shape index (κ2) is 35.3. The number of aromatic nitrogens is 2. The lowest BCUT2D eigenvalue weighted by Gasteiger charge is -2.14. The van der Waals surface area contributed by atoms with Crippen LogP contribution in [0.5, 0.6) is 23.0 Å². The van der Waals surface area contributed by atoms with Crippen LogP contribution < -0.4 is 18.9 Å². The van der Waals surface area contributed by atoms with E-state index in [2.05, 4.69) is 156 Å². The first-order valence-corrected chi connectivity index (χ1v) is 29.7. The lowest BCUT2D eigenvalue weighted by Crippen LogP contribution is -2.03. The maximum absolute atomic E-state index is 6.41. The Hall–Kier alpha value is -3.84. The molecule has 0 aliphatic carbocycles. The van der Waals surface area contributed by atoms with E-state index in [0.29, 0.717) is 25.0 Å². The number of hydrogen-bond acceptors (Lipinski definition) is 7. The van der Waals surface area contributed by atoms with Crippen LogP contribution in [0.3, 0.4) is 0 Å². The van der Waals surface area contributed by atoms with Gasteiger partial charge in [0, 0.05) is 22.3 Å². The number of benzene rings is 4. The van der Waals surface area contributed by atoms with Crippen molar-refractivity contribution in [2.24, 2.45) is 0 Å². The molecule has 5 aromatic rings. The summed E-state index contributed by atoms with van der Waals surface area (Å²) in [4.78, 5) is 0. The Labute approximate surface area is 456 Å². The van der Waals surface area contributed by atoms with E-state index in [1.54, 1.807) is 0 Å². The predicted molar refractivity (Wildman–Crippen MR) is 317 cm³/mol. The number of nitrogens with zero attached hydrogens (tertiary/aromatic N) is 2. The molecule has 0 N–H and O–H groups in total. The van der Waals surface area contributed by atoms with Crippen LogP contribution >= 0.6 is 45.2 Å². The van der Waals surface area contributed by atoms with Crippen LogP contribution in [0.2, 0.25) is 0 Å². The fraction of sp³-hybridized carbons (Fsp3) is 0.516. The van der Waals surface area contributed by atoms with E-state index < -0.39 is 0 Å². The van der Waals surface area contributed by atoms with Gasteiger partial charge in [0.05, 0.1) is 33.6 Å². The summed E-state index contributed by atoms with van der Waals surface area (Å²) in [6, 6.07) is 25.0. The highest BCUT2D eigenvalue weighted by atomic mass is 127. The topological polar surface area (TPSA) is 75.8 Å². The smallest absolute Gasteiger partial charge is 0.248 e. The monoisotopic (exact) mass is 1190 g/mol. The van der Waals surface area contributed by atoms with Crippen molar-refractivity contribution in [2.75, 3.05) is 26.4 Å². The number of rotatable bonds is 38. The highest BCUT2D eigenvalue weighted by Crippen LogP contribution is 2.34. The van der Waals surface area contributed by atoms with Crippen molar-refractivity contribution >= 4 is 69.5 Å². The van der Waals surface area contributed by atoms with E-state index >= 15 is 0 Å². The molecule has 7 nitrogen and oxygen atoms in total. The van der Waals surface area contributed by atoms with Gasteiger partial charge in [-0.3, -0.25) is 0 Å². The van der Waals surface area contributed by atoms with Crippen molar-refractivity contribution in [3.05, 3.63) is 102 Å². The Kier molecular flexibility index (Phi) is 28.9. The van der Waals surface area contributed by atoms with E-state index in [4.69, 9.17) is 23.4 Å². The second-order valence-corrected chi connectivity index (χ2v) is 21.3. The number of halogens is 2. The maximum Gasteiger partial charge on any atom is 0.248 e. The first-order valence-electron chi connectivity index (χ1n) is 27.5. The fourth-order valence-corrected chi connectivity index (χ4v) is 9.58. The summed E-state index contributed by atoms with van der Waals surface area (Å²) in [5, 5.41) is 8.86. The van der Waals surface area contributed by atoms with E-state index in [1.807, 2.05) is 24.3 Å². The molecule has 9 heteroatoms. The van der Waals surface area contributed by atoms with Gasteiger partial charge in [-0.05, 0) is 131 Å². The predicted octanol–water partition coefficient (Wildman–Crippen LogP) is 19.9. The quantitative estimate of drug-likeness (QED) is 0.0221. The zero-order valence-electron chi connectivity index (χ0n) is 43.7. The van der Waals surface area contributed by atoms with Crippen molar-refractivity contribution < 1.29 is 23.4 Å². The summed E-state index contributed by atoms with van der Waals surface area (Å²) < 4.78 is 33.9. The van der Waals surface area contributed by atoms with Crippen molar-refractivity contribution in [1.82, 2.24) is 10.2 Å². The third-order valence-corrected chi connectivity index (χ3v) is 14.5. The Morgan fingerprint density at radius 1 is 0.366 bits per heavy atom. The van der Waals surface area contributed by atoms with Gasteiger partial charge in [-0.15, -0.1) is 10.2 Å². The van der Waals surface area contributed by atoms with E-state index in [1.165, 1.54) is 128 Å². The molecular formula is C62H84I2N2O5. The summed E-state index contributed by atoms with van der Waals surface area (Å²) in [6.07, 6.45) is 38.2. The van der Waals surface area contributed by atoms with Crippen LogP contribution in [0.25, 0.3) is 47.2 Å². The zero-order chi connectivity index (χ0) is 50.1. The SMILES string of the molecule is CCCCCCCCOc1cc(/C=C/c2ccc(-c3nnc(-c4ccc(/C=C/c5cc(OCCCCCCCC)c(I)cc5OCCCCCCCC)cc4)o3)cc2)c(OCCCCCCCC)cc1I. The molecule has 0 saturated carbocycles. The molecule has 0 bridgehead atoms. The molecule has 0 spiro atoms. The van der Waals surface area contributed by atoms with Gasteiger partial charge >= 0.3 is 0 Å². The third-order valence-electron chi connectivity index (χ3n) is 12.8. The Morgan fingerprint density at radius 2 is 0.662 bits per heavy atom. The van der Waals surface area contributed by atoms with Gasteiger partial charge < -0.3 is 23.4 Å². The lowest BCUT2D eigenvalue weighted by molar-refractivity contribution is 0.294.